The van der Waals surface area contributed by atoms with Crippen molar-refractivity contribution < 1.29 is 14.0 Å². The van der Waals surface area contributed by atoms with E-state index in [2.05, 4.69) is 5.32 Å². The highest BCUT2D eigenvalue weighted by Crippen LogP contribution is 2.36. The third kappa shape index (κ3) is 3.38. The van der Waals surface area contributed by atoms with E-state index in [1.165, 1.54) is 12.1 Å². The number of nitrogens with zero attached hydrogens (tertiary/aromatic N) is 1. The molecule has 5 heteroatoms. The summed E-state index contributed by atoms with van der Waals surface area (Å²) in [5.41, 5.74) is 0.687. The standard InChI is InChI=1S/C18H23FN2O2/c1-21-16(22)10-9-15(18(23)20-14-7-2-3-8-14)17(21)12-5-4-6-13(19)11-12/h4-6,11,14-15,17H,2-3,7-10H2,1H3,(H,20,23). The van der Waals surface area contributed by atoms with E-state index in [0.717, 1.165) is 25.7 Å². The highest BCUT2D eigenvalue weighted by Gasteiger charge is 2.39. The van der Waals surface area contributed by atoms with Gasteiger partial charge >= 0.3 is 0 Å². The van der Waals surface area contributed by atoms with Gasteiger partial charge in [0.1, 0.15) is 5.82 Å². The van der Waals surface area contributed by atoms with E-state index in [0.29, 0.717) is 18.4 Å². The summed E-state index contributed by atoms with van der Waals surface area (Å²) in [7, 11) is 1.70. The molecule has 3 rings (SSSR count). The van der Waals surface area contributed by atoms with Gasteiger partial charge < -0.3 is 10.2 Å². The second-order valence-electron chi connectivity index (χ2n) is 6.64. The summed E-state index contributed by atoms with van der Waals surface area (Å²) in [6.07, 6.45) is 5.24. The highest BCUT2D eigenvalue weighted by atomic mass is 19.1. The molecule has 0 radical (unpaired) electrons. The number of hydrogen-bond donors (Lipinski definition) is 1. The van der Waals surface area contributed by atoms with E-state index in [1.807, 2.05) is 0 Å². The summed E-state index contributed by atoms with van der Waals surface area (Å²) in [5.74, 6) is -0.668. The van der Waals surface area contributed by atoms with Crippen molar-refractivity contribution in [1.29, 1.82) is 0 Å². The number of carbonyl (C=O) groups excluding carboxylic acids is 2. The van der Waals surface area contributed by atoms with Gasteiger partial charge in [0.2, 0.25) is 11.8 Å². The zero-order valence-electron chi connectivity index (χ0n) is 13.4. The van der Waals surface area contributed by atoms with Crippen LogP contribution in [0.25, 0.3) is 0 Å². The molecule has 2 unspecified atom stereocenters. The van der Waals surface area contributed by atoms with Crippen LogP contribution >= 0.6 is 0 Å². The topological polar surface area (TPSA) is 49.4 Å². The molecule has 1 N–H and O–H groups in total. The fraction of sp³-hybridized carbons (Fsp3) is 0.556. The molecule has 124 valence electrons. The number of carbonyl (C=O) groups is 2. The molecular weight excluding hydrogens is 295 g/mol. The van der Waals surface area contributed by atoms with Gasteiger partial charge in [0, 0.05) is 19.5 Å². The Morgan fingerprint density at radius 3 is 2.70 bits per heavy atom. The number of halogens is 1. The van der Waals surface area contributed by atoms with E-state index in [4.69, 9.17) is 0 Å². The molecule has 0 aromatic heterocycles. The molecule has 1 aromatic rings. The molecule has 1 aliphatic heterocycles. The van der Waals surface area contributed by atoms with Gasteiger partial charge in [-0.1, -0.05) is 25.0 Å². The van der Waals surface area contributed by atoms with Crippen LogP contribution in [0.2, 0.25) is 0 Å². The summed E-state index contributed by atoms with van der Waals surface area (Å²) >= 11 is 0. The van der Waals surface area contributed by atoms with Crippen LogP contribution in [0.3, 0.4) is 0 Å². The Bertz CT molecular complexity index is 598. The second-order valence-corrected chi connectivity index (χ2v) is 6.64. The van der Waals surface area contributed by atoms with Crippen LogP contribution in [-0.2, 0) is 9.59 Å². The lowest BCUT2D eigenvalue weighted by atomic mass is 9.83. The molecule has 2 amide bonds. The predicted molar refractivity (Wildman–Crippen MR) is 85.0 cm³/mol. The van der Waals surface area contributed by atoms with Crippen LogP contribution in [0.5, 0.6) is 0 Å². The van der Waals surface area contributed by atoms with Gasteiger partial charge in [-0.25, -0.2) is 4.39 Å². The molecule has 2 aliphatic rings. The SMILES string of the molecule is CN1C(=O)CCC(C(=O)NC2CCCC2)C1c1cccc(F)c1. The van der Waals surface area contributed by atoms with Crippen LogP contribution < -0.4 is 5.32 Å². The zero-order valence-corrected chi connectivity index (χ0v) is 13.4. The molecule has 1 aliphatic carbocycles. The maximum Gasteiger partial charge on any atom is 0.225 e. The van der Waals surface area contributed by atoms with Crippen molar-refractivity contribution in [1.82, 2.24) is 10.2 Å². The van der Waals surface area contributed by atoms with Gasteiger partial charge in [-0.2, -0.15) is 0 Å². The zero-order chi connectivity index (χ0) is 16.4. The molecule has 23 heavy (non-hydrogen) atoms. The Kier molecular flexibility index (Phi) is 4.64. The normalized spacial score (nSPS) is 25.7. The first kappa shape index (κ1) is 16.0. The van der Waals surface area contributed by atoms with E-state index >= 15 is 0 Å². The Morgan fingerprint density at radius 2 is 2.00 bits per heavy atom. The molecule has 1 saturated carbocycles. The number of amides is 2. The van der Waals surface area contributed by atoms with Gasteiger partial charge in [0.05, 0.1) is 12.0 Å². The van der Waals surface area contributed by atoms with Crippen molar-refractivity contribution >= 4 is 11.8 Å². The van der Waals surface area contributed by atoms with Crippen molar-refractivity contribution in [2.24, 2.45) is 5.92 Å². The fourth-order valence-electron chi connectivity index (χ4n) is 3.84. The Hall–Kier alpha value is -1.91. The number of benzene rings is 1. The predicted octanol–water partition coefficient (Wildman–Crippen LogP) is 2.79. The molecule has 1 aromatic carbocycles. The van der Waals surface area contributed by atoms with E-state index in [9.17, 15) is 14.0 Å². The summed E-state index contributed by atoms with van der Waals surface area (Å²) < 4.78 is 13.6. The molecule has 0 bridgehead atoms. The first-order valence-electron chi connectivity index (χ1n) is 8.38. The van der Waals surface area contributed by atoms with E-state index in [1.54, 1.807) is 24.1 Å². The number of likely N-dealkylation sites (tertiary alicyclic amines) is 1. The molecule has 2 fully saturated rings. The highest BCUT2D eigenvalue weighted by molar-refractivity contribution is 5.85. The van der Waals surface area contributed by atoms with Crippen LogP contribution in [-0.4, -0.2) is 29.8 Å². The number of piperidine rings is 1. The van der Waals surface area contributed by atoms with Gasteiger partial charge in [-0.15, -0.1) is 0 Å². The molecular formula is C18H23FN2O2. The van der Waals surface area contributed by atoms with E-state index < -0.39 is 6.04 Å². The Labute approximate surface area is 136 Å². The average molecular weight is 318 g/mol. The van der Waals surface area contributed by atoms with Gasteiger partial charge in [0.15, 0.2) is 0 Å². The fourth-order valence-corrected chi connectivity index (χ4v) is 3.84. The maximum absolute atomic E-state index is 13.6. The van der Waals surface area contributed by atoms with Crippen molar-refractivity contribution in [2.45, 2.75) is 50.6 Å². The largest absolute Gasteiger partial charge is 0.353 e. The number of hydrogen-bond acceptors (Lipinski definition) is 2. The smallest absolute Gasteiger partial charge is 0.225 e. The van der Waals surface area contributed by atoms with Crippen LogP contribution in [0.1, 0.15) is 50.1 Å². The molecule has 4 nitrogen and oxygen atoms in total. The number of nitrogens with one attached hydrogen (secondary N) is 1. The molecule has 1 heterocycles. The molecule has 2 atom stereocenters. The summed E-state index contributed by atoms with van der Waals surface area (Å²) in [6.45, 7) is 0. The quantitative estimate of drug-likeness (QED) is 0.931. The van der Waals surface area contributed by atoms with E-state index in [-0.39, 0.29) is 29.6 Å². The van der Waals surface area contributed by atoms with Crippen LogP contribution in [0.15, 0.2) is 24.3 Å². The Balaban J connectivity index is 1.83. The molecule has 1 saturated heterocycles. The second kappa shape index (κ2) is 6.69. The van der Waals surface area contributed by atoms with Crippen LogP contribution in [0, 0.1) is 11.7 Å². The first-order chi connectivity index (χ1) is 11.1. The van der Waals surface area contributed by atoms with Gasteiger partial charge in [-0.05, 0) is 37.0 Å². The van der Waals surface area contributed by atoms with Crippen molar-refractivity contribution in [3.63, 3.8) is 0 Å². The van der Waals surface area contributed by atoms with Gasteiger partial charge in [0.25, 0.3) is 0 Å². The maximum atomic E-state index is 13.6. The minimum absolute atomic E-state index is 0.00387. The third-order valence-corrected chi connectivity index (χ3v) is 5.09. The molecule has 0 spiro atoms. The van der Waals surface area contributed by atoms with Crippen LogP contribution in [0.4, 0.5) is 4.39 Å². The lowest BCUT2D eigenvalue weighted by molar-refractivity contribution is -0.141. The lowest BCUT2D eigenvalue weighted by Crippen LogP contribution is -2.48. The van der Waals surface area contributed by atoms with Crippen molar-refractivity contribution in [3.05, 3.63) is 35.6 Å². The minimum Gasteiger partial charge on any atom is -0.353 e. The van der Waals surface area contributed by atoms with Crippen molar-refractivity contribution in [3.8, 4) is 0 Å². The number of rotatable bonds is 3. The minimum atomic E-state index is -0.395. The third-order valence-electron chi connectivity index (χ3n) is 5.09. The summed E-state index contributed by atoms with van der Waals surface area (Å²) in [5, 5.41) is 3.13. The Morgan fingerprint density at radius 1 is 1.26 bits per heavy atom. The monoisotopic (exact) mass is 318 g/mol. The van der Waals surface area contributed by atoms with Gasteiger partial charge in [-0.3, -0.25) is 9.59 Å². The van der Waals surface area contributed by atoms with Crippen molar-refractivity contribution in [2.75, 3.05) is 7.05 Å². The average Bonchev–Trinajstić information content (AvgIpc) is 3.02. The first-order valence-corrected chi connectivity index (χ1v) is 8.38. The summed E-state index contributed by atoms with van der Waals surface area (Å²) in [4.78, 5) is 26.4. The summed E-state index contributed by atoms with van der Waals surface area (Å²) in [6, 6.07) is 6.08. The lowest BCUT2D eigenvalue weighted by Gasteiger charge is -2.39.